The van der Waals surface area contributed by atoms with E-state index >= 15 is 0 Å². The predicted octanol–water partition coefficient (Wildman–Crippen LogP) is 1.51. The van der Waals surface area contributed by atoms with Crippen LogP contribution in [0.2, 0.25) is 0 Å². The summed E-state index contributed by atoms with van der Waals surface area (Å²) in [6, 6.07) is 1.41. The van der Waals surface area contributed by atoms with E-state index in [-0.39, 0.29) is 5.69 Å². The van der Waals surface area contributed by atoms with Gasteiger partial charge in [0.05, 0.1) is 12.0 Å². The van der Waals surface area contributed by atoms with Crippen molar-refractivity contribution in [3.63, 3.8) is 0 Å². The van der Waals surface area contributed by atoms with E-state index in [4.69, 9.17) is 9.84 Å². The van der Waals surface area contributed by atoms with Gasteiger partial charge in [0.15, 0.2) is 5.69 Å². The molecule has 0 bridgehead atoms. The highest BCUT2D eigenvalue weighted by Crippen LogP contribution is 2.26. The van der Waals surface area contributed by atoms with Crippen molar-refractivity contribution in [3.05, 3.63) is 18.0 Å². The maximum absolute atomic E-state index is 10.5. The minimum Gasteiger partial charge on any atom is -0.495 e. The van der Waals surface area contributed by atoms with Gasteiger partial charge in [-0.3, -0.25) is 0 Å². The third-order valence-electron chi connectivity index (χ3n) is 1.49. The van der Waals surface area contributed by atoms with Crippen molar-refractivity contribution < 1.29 is 14.6 Å². The van der Waals surface area contributed by atoms with Crippen LogP contribution in [-0.2, 0) is 0 Å². The summed E-state index contributed by atoms with van der Waals surface area (Å²) < 4.78 is 5.00. The number of rotatable bonds is 3. The van der Waals surface area contributed by atoms with Gasteiger partial charge in [-0.15, -0.1) is 11.8 Å². The van der Waals surface area contributed by atoms with Crippen molar-refractivity contribution in [2.45, 2.75) is 4.90 Å². The fourth-order valence-electron chi connectivity index (χ4n) is 0.854. The van der Waals surface area contributed by atoms with Crippen LogP contribution in [0.4, 0.5) is 0 Å². The van der Waals surface area contributed by atoms with E-state index in [0.717, 1.165) is 4.90 Å². The Morgan fingerprint density at radius 3 is 2.85 bits per heavy atom. The highest BCUT2D eigenvalue weighted by Gasteiger charge is 2.09. The average molecular weight is 199 g/mol. The zero-order valence-electron chi connectivity index (χ0n) is 7.27. The molecule has 0 unspecified atom stereocenters. The van der Waals surface area contributed by atoms with Crippen LogP contribution in [0, 0.1) is 0 Å². The van der Waals surface area contributed by atoms with Crippen LogP contribution in [0.15, 0.2) is 17.2 Å². The molecule has 0 aliphatic carbocycles. The zero-order chi connectivity index (χ0) is 9.84. The number of hydrogen-bond acceptors (Lipinski definition) is 4. The molecule has 0 saturated carbocycles. The molecule has 0 aromatic carbocycles. The van der Waals surface area contributed by atoms with Gasteiger partial charge in [0.2, 0.25) is 0 Å². The van der Waals surface area contributed by atoms with Gasteiger partial charge in [0, 0.05) is 12.3 Å². The van der Waals surface area contributed by atoms with E-state index in [1.54, 1.807) is 0 Å². The third-order valence-corrected chi connectivity index (χ3v) is 2.24. The molecule has 0 saturated heterocycles. The lowest BCUT2D eigenvalue weighted by molar-refractivity contribution is 0.0690. The van der Waals surface area contributed by atoms with E-state index in [1.807, 2.05) is 6.26 Å². The molecule has 0 aliphatic rings. The van der Waals surface area contributed by atoms with Crippen molar-refractivity contribution >= 4 is 17.7 Å². The van der Waals surface area contributed by atoms with Gasteiger partial charge in [-0.05, 0) is 6.26 Å². The Morgan fingerprint density at radius 2 is 2.38 bits per heavy atom. The van der Waals surface area contributed by atoms with Gasteiger partial charge >= 0.3 is 5.97 Å². The molecule has 0 radical (unpaired) electrons. The molecular weight excluding hydrogens is 190 g/mol. The number of carboxylic acid groups (broad SMARTS) is 1. The van der Waals surface area contributed by atoms with Crippen molar-refractivity contribution in [3.8, 4) is 5.75 Å². The highest BCUT2D eigenvalue weighted by atomic mass is 32.2. The largest absolute Gasteiger partial charge is 0.495 e. The molecule has 13 heavy (non-hydrogen) atoms. The molecule has 1 rings (SSSR count). The first-order valence-electron chi connectivity index (χ1n) is 3.50. The van der Waals surface area contributed by atoms with Gasteiger partial charge in [-0.1, -0.05) is 0 Å². The molecule has 0 spiro atoms. The Morgan fingerprint density at radius 1 is 1.69 bits per heavy atom. The number of thioether (sulfide) groups is 1. The summed E-state index contributed by atoms with van der Waals surface area (Å²) in [5.41, 5.74) is -0.00495. The van der Waals surface area contributed by atoms with Crippen molar-refractivity contribution in [1.82, 2.24) is 4.98 Å². The molecular formula is C8H9NO3S. The first-order valence-corrected chi connectivity index (χ1v) is 4.73. The van der Waals surface area contributed by atoms with Crippen molar-refractivity contribution in [1.29, 1.82) is 0 Å². The van der Waals surface area contributed by atoms with Crippen LogP contribution in [-0.4, -0.2) is 29.4 Å². The number of methoxy groups -OCH3 is 1. The molecule has 0 fully saturated rings. The minimum atomic E-state index is -1.05. The summed E-state index contributed by atoms with van der Waals surface area (Å²) in [6.07, 6.45) is 3.37. The van der Waals surface area contributed by atoms with Gasteiger partial charge in [0.1, 0.15) is 5.75 Å². The first kappa shape index (κ1) is 9.85. The van der Waals surface area contributed by atoms with E-state index in [2.05, 4.69) is 4.98 Å². The predicted molar refractivity (Wildman–Crippen MR) is 49.5 cm³/mol. The lowest BCUT2D eigenvalue weighted by Crippen LogP contribution is -2.01. The lowest BCUT2D eigenvalue weighted by atomic mass is 10.3. The lowest BCUT2D eigenvalue weighted by Gasteiger charge is -2.05. The molecule has 1 N–H and O–H groups in total. The van der Waals surface area contributed by atoms with Gasteiger partial charge in [-0.2, -0.15) is 0 Å². The standard InChI is InChI=1S/C8H9NO3S/c1-12-6-3-5(8(10)11)9-4-7(6)13-2/h3-4H,1-2H3,(H,10,11). The quantitative estimate of drug-likeness (QED) is 0.748. The molecule has 0 atom stereocenters. The summed E-state index contributed by atoms with van der Waals surface area (Å²) >= 11 is 1.46. The smallest absolute Gasteiger partial charge is 0.354 e. The molecule has 4 nitrogen and oxygen atoms in total. The Hall–Kier alpha value is -1.23. The Balaban J connectivity index is 3.13. The highest BCUT2D eigenvalue weighted by molar-refractivity contribution is 7.98. The van der Waals surface area contributed by atoms with Crippen LogP contribution in [0.5, 0.6) is 5.75 Å². The number of carbonyl (C=O) groups is 1. The fraction of sp³-hybridized carbons (Fsp3) is 0.250. The SMILES string of the molecule is COc1cc(C(=O)O)ncc1SC. The second-order valence-electron chi connectivity index (χ2n) is 2.23. The second kappa shape index (κ2) is 4.13. The fourth-order valence-corrected chi connectivity index (χ4v) is 1.36. The molecule has 0 amide bonds. The number of aromatic carboxylic acids is 1. The minimum absolute atomic E-state index is 0.00495. The molecule has 1 heterocycles. The molecule has 0 aliphatic heterocycles. The van der Waals surface area contributed by atoms with Gasteiger partial charge < -0.3 is 9.84 Å². The van der Waals surface area contributed by atoms with E-state index in [9.17, 15) is 4.79 Å². The van der Waals surface area contributed by atoms with Crippen molar-refractivity contribution in [2.24, 2.45) is 0 Å². The van der Waals surface area contributed by atoms with Crippen LogP contribution in [0.25, 0.3) is 0 Å². The Kier molecular flexibility index (Phi) is 3.13. The first-order chi connectivity index (χ1) is 6.19. The summed E-state index contributed by atoms with van der Waals surface area (Å²) in [4.78, 5) is 15.1. The van der Waals surface area contributed by atoms with E-state index in [1.165, 1.54) is 31.1 Å². The molecule has 1 aromatic heterocycles. The summed E-state index contributed by atoms with van der Waals surface area (Å²) in [6.45, 7) is 0. The summed E-state index contributed by atoms with van der Waals surface area (Å²) in [5.74, 6) is -0.508. The van der Waals surface area contributed by atoms with Gasteiger partial charge in [0.25, 0.3) is 0 Å². The summed E-state index contributed by atoms with van der Waals surface area (Å²) in [5, 5.41) is 8.64. The second-order valence-corrected chi connectivity index (χ2v) is 3.08. The average Bonchev–Trinajstić information content (AvgIpc) is 2.16. The van der Waals surface area contributed by atoms with E-state index < -0.39 is 5.97 Å². The normalized spacial score (nSPS) is 9.69. The van der Waals surface area contributed by atoms with Gasteiger partial charge in [-0.25, -0.2) is 9.78 Å². The summed E-state index contributed by atoms with van der Waals surface area (Å²) in [7, 11) is 1.50. The number of nitrogens with zero attached hydrogens (tertiary/aromatic N) is 1. The van der Waals surface area contributed by atoms with E-state index in [0.29, 0.717) is 5.75 Å². The van der Waals surface area contributed by atoms with Crippen LogP contribution in [0.1, 0.15) is 10.5 Å². The number of hydrogen-bond donors (Lipinski definition) is 1. The van der Waals surface area contributed by atoms with Crippen LogP contribution >= 0.6 is 11.8 Å². The molecule has 1 aromatic rings. The maximum Gasteiger partial charge on any atom is 0.354 e. The number of pyridine rings is 1. The third kappa shape index (κ3) is 2.12. The number of aromatic nitrogens is 1. The monoisotopic (exact) mass is 199 g/mol. The Labute approximate surface area is 79.9 Å². The maximum atomic E-state index is 10.5. The topological polar surface area (TPSA) is 59.4 Å². The number of ether oxygens (including phenoxy) is 1. The van der Waals surface area contributed by atoms with Crippen LogP contribution in [0.3, 0.4) is 0 Å². The molecule has 5 heteroatoms. The zero-order valence-corrected chi connectivity index (χ0v) is 8.09. The van der Waals surface area contributed by atoms with Crippen molar-refractivity contribution in [2.75, 3.05) is 13.4 Å². The Bertz CT molecular complexity index is 327. The number of carboxylic acids is 1. The molecule has 70 valence electrons. The van der Waals surface area contributed by atoms with Crippen LogP contribution < -0.4 is 4.74 Å².